The fourth-order valence-electron chi connectivity index (χ4n) is 4.78. The van der Waals surface area contributed by atoms with Gasteiger partial charge in [0.25, 0.3) is 0 Å². The number of hydrogen-bond acceptors (Lipinski definition) is 4. The summed E-state index contributed by atoms with van der Waals surface area (Å²) in [6, 6.07) is 9.41. The van der Waals surface area contributed by atoms with Gasteiger partial charge in [-0.2, -0.15) is 0 Å². The van der Waals surface area contributed by atoms with Crippen LogP contribution in [0.15, 0.2) is 24.3 Å². The van der Waals surface area contributed by atoms with Crippen molar-refractivity contribution in [3.05, 3.63) is 29.8 Å². The van der Waals surface area contributed by atoms with Crippen LogP contribution in [-0.4, -0.2) is 49.9 Å². The van der Waals surface area contributed by atoms with Crippen molar-refractivity contribution in [1.82, 2.24) is 10.2 Å². The lowest BCUT2D eigenvalue weighted by Gasteiger charge is -2.37. The minimum Gasteiger partial charge on any atom is -0.496 e. The minimum absolute atomic E-state index is 0.225. The Morgan fingerprint density at radius 2 is 2.00 bits per heavy atom. The van der Waals surface area contributed by atoms with E-state index in [4.69, 9.17) is 9.47 Å². The summed E-state index contributed by atoms with van der Waals surface area (Å²) >= 11 is 0. The second-order valence-electron chi connectivity index (χ2n) is 8.01. The second-order valence-corrected chi connectivity index (χ2v) is 8.01. The van der Waals surface area contributed by atoms with E-state index in [0.29, 0.717) is 12.1 Å². The fraction of sp³-hybridized carbons (Fsp3) is 0.714. The highest BCUT2D eigenvalue weighted by molar-refractivity contribution is 5.36. The SMILES string of the molecule is COc1ccccc1C(CNC1COC2(CCC2)C1)N1CCCCC1. The lowest BCUT2D eigenvalue weighted by atomic mass is 9.77. The largest absolute Gasteiger partial charge is 0.496 e. The lowest BCUT2D eigenvalue weighted by molar-refractivity contribution is -0.0563. The van der Waals surface area contributed by atoms with Gasteiger partial charge >= 0.3 is 0 Å². The Morgan fingerprint density at radius 3 is 2.68 bits per heavy atom. The third kappa shape index (κ3) is 3.71. The Bertz CT molecular complexity index is 567. The zero-order valence-electron chi connectivity index (χ0n) is 15.5. The molecule has 2 unspecified atom stereocenters. The first kappa shape index (κ1) is 17.3. The zero-order chi connectivity index (χ0) is 17.1. The molecule has 0 aromatic heterocycles. The van der Waals surface area contributed by atoms with Crippen LogP contribution in [-0.2, 0) is 4.74 Å². The molecule has 1 spiro atoms. The van der Waals surface area contributed by atoms with Gasteiger partial charge in [-0.25, -0.2) is 0 Å². The summed E-state index contributed by atoms with van der Waals surface area (Å²) in [5, 5.41) is 3.83. The van der Waals surface area contributed by atoms with Crippen molar-refractivity contribution in [1.29, 1.82) is 0 Å². The molecule has 4 rings (SSSR count). The van der Waals surface area contributed by atoms with Crippen LogP contribution in [0.4, 0.5) is 0 Å². The van der Waals surface area contributed by atoms with E-state index in [2.05, 4.69) is 34.5 Å². The minimum atomic E-state index is 0.225. The van der Waals surface area contributed by atoms with E-state index in [1.165, 1.54) is 63.6 Å². The average molecular weight is 344 g/mol. The highest BCUT2D eigenvalue weighted by atomic mass is 16.5. The van der Waals surface area contributed by atoms with Gasteiger partial charge < -0.3 is 14.8 Å². The van der Waals surface area contributed by atoms with Crippen LogP contribution in [0.25, 0.3) is 0 Å². The number of nitrogens with one attached hydrogen (secondary N) is 1. The molecule has 2 heterocycles. The van der Waals surface area contributed by atoms with Gasteiger partial charge in [0.2, 0.25) is 0 Å². The van der Waals surface area contributed by atoms with Gasteiger partial charge in [0.1, 0.15) is 5.75 Å². The number of ether oxygens (including phenoxy) is 2. The Balaban J connectivity index is 1.45. The molecule has 2 aliphatic heterocycles. The number of likely N-dealkylation sites (tertiary alicyclic amines) is 1. The predicted octanol–water partition coefficient (Wildman–Crippen LogP) is 3.52. The summed E-state index contributed by atoms with van der Waals surface area (Å²) in [7, 11) is 1.78. The van der Waals surface area contributed by atoms with Gasteiger partial charge in [-0.1, -0.05) is 24.6 Å². The van der Waals surface area contributed by atoms with Crippen LogP contribution in [0.1, 0.15) is 56.6 Å². The molecule has 3 aliphatic rings. The van der Waals surface area contributed by atoms with E-state index in [-0.39, 0.29) is 5.60 Å². The number of rotatable bonds is 6. The second kappa shape index (κ2) is 7.65. The summed E-state index contributed by atoms with van der Waals surface area (Å²) in [4.78, 5) is 2.64. The number of hydrogen-bond donors (Lipinski definition) is 1. The molecular formula is C21H32N2O2. The quantitative estimate of drug-likeness (QED) is 0.856. The summed E-state index contributed by atoms with van der Waals surface area (Å²) in [5.41, 5.74) is 1.54. The molecular weight excluding hydrogens is 312 g/mol. The van der Waals surface area contributed by atoms with Crippen LogP contribution >= 0.6 is 0 Å². The Hall–Kier alpha value is -1.10. The van der Waals surface area contributed by atoms with Gasteiger partial charge in [0.15, 0.2) is 0 Å². The summed E-state index contributed by atoms with van der Waals surface area (Å²) < 4.78 is 11.8. The van der Waals surface area contributed by atoms with Gasteiger partial charge in [0.05, 0.1) is 25.4 Å². The molecule has 138 valence electrons. The molecule has 1 aromatic carbocycles. The normalized spacial score (nSPS) is 27.2. The number of benzene rings is 1. The first-order valence-electron chi connectivity index (χ1n) is 10.0. The van der Waals surface area contributed by atoms with Crippen molar-refractivity contribution in [3.8, 4) is 5.75 Å². The molecule has 1 aromatic rings. The molecule has 4 heteroatoms. The molecule has 3 fully saturated rings. The molecule has 2 saturated heterocycles. The van der Waals surface area contributed by atoms with Crippen molar-refractivity contribution >= 4 is 0 Å². The van der Waals surface area contributed by atoms with Gasteiger partial charge in [-0.3, -0.25) is 4.90 Å². The van der Waals surface area contributed by atoms with Crippen LogP contribution in [0.2, 0.25) is 0 Å². The molecule has 1 aliphatic carbocycles. The average Bonchev–Trinajstić information content (AvgIpc) is 3.08. The lowest BCUT2D eigenvalue weighted by Crippen LogP contribution is -2.43. The maximum Gasteiger partial charge on any atom is 0.123 e. The fourth-order valence-corrected chi connectivity index (χ4v) is 4.78. The van der Waals surface area contributed by atoms with E-state index in [1.807, 2.05) is 0 Å². The molecule has 0 amide bonds. The van der Waals surface area contributed by atoms with Gasteiger partial charge in [0, 0.05) is 18.2 Å². The Kier molecular flexibility index (Phi) is 5.30. The summed E-state index contributed by atoms with van der Waals surface area (Å²) in [6.45, 7) is 4.23. The molecule has 0 bridgehead atoms. The number of methoxy groups -OCH3 is 1. The first-order valence-corrected chi connectivity index (χ1v) is 10.0. The van der Waals surface area contributed by atoms with Crippen LogP contribution < -0.4 is 10.1 Å². The van der Waals surface area contributed by atoms with Crippen molar-refractivity contribution < 1.29 is 9.47 Å². The highest BCUT2D eigenvalue weighted by Gasteiger charge is 2.45. The third-order valence-corrected chi connectivity index (χ3v) is 6.40. The molecule has 1 N–H and O–H groups in total. The van der Waals surface area contributed by atoms with E-state index in [9.17, 15) is 0 Å². The van der Waals surface area contributed by atoms with Crippen LogP contribution in [0.3, 0.4) is 0 Å². The van der Waals surface area contributed by atoms with E-state index in [0.717, 1.165) is 18.9 Å². The van der Waals surface area contributed by atoms with Crippen molar-refractivity contribution in [3.63, 3.8) is 0 Å². The number of nitrogens with zero attached hydrogens (tertiary/aromatic N) is 1. The van der Waals surface area contributed by atoms with Crippen LogP contribution in [0.5, 0.6) is 5.75 Å². The predicted molar refractivity (Wildman–Crippen MR) is 100 cm³/mol. The monoisotopic (exact) mass is 344 g/mol. The van der Waals surface area contributed by atoms with Gasteiger partial charge in [-0.15, -0.1) is 0 Å². The summed E-state index contributed by atoms with van der Waals surface area (Å²) in [6.07, 6.45) is 9.01. The smallest absolute Gasteiger partial charge is 0.123 e. The van der Waals surface area contributed by atoms with Crippen molar-refractivity contribution in [2.45, 2.75) is 62.6 Å². The topological polar surface area (TPSA) is 33.7 Å². The molecule has 4 nitrogen and oxygen atoms in total. The van der Waals surface area contributed by atoms with E-state index < -0.39 is 0 Å². The van der Waals surface area contributed by atoms with E-state index >= 15 is 0 Å². The van der Waals surface area contributed by atoms with Crippen LogP contribution in [0, 0.1) is 0 Å². The Labute approximate surface area is 151 Å². The zero-order valence-corrected chi connectivity index (χ0v) is 15.5. The maximum absolute atomic E-state index is 6.12. The standard InChI is InChI=1S/C21H32N2O2/c1-24-20-9-4-3-8-18(20)19(23-12-5-2-6-13-23)15-22-17-14-21(25-16-17)10-7-11-21/h3-4,8-9,17,19,22H,2,5-7,10-16H2,1H3. The maximum atomic E-state index is 6.12. The number of piperidine rings is 1. The molecule has 0 radical (unpaired) electrons. The van der Waals surface area contributed by atoms with Crippen molar-refractivity contribution in [2.75, 3.05) is 33.4 Å². The van der Waals surface area contributed by atoms with Crippen molar-refractivity contribution in [2.24, 2.45) is 0 Å². The van der Waals surface area contributed by atoms with Gasteiger partial charge in [-0.05, 0) is 57.7 Å². The van der Waals surface area contributed by atoms with E-state index in [1.54, 1.807) is 7.11 Å². The molecule has 2 atom stereocenters. The highest BCUT2D eigenvalue weighted by Crippen LogP contribution is 2.43. The molecule has 1 saturated carbocycles. The first-order chi connectivity index (χ1) is 12.3. The third-order valence-electron chi connectivity index (χ3n) is 6.40. The molecule has 25 heavy (non-hydrogen) atoms. The Morgan fingerprint density at radius 1 is 1.20 bits per heavy atom. The summed E-state index contributed by atoms with van der Waals surface area (Å²) in [5.74, 6) is 1.01. The number of para-hydroxylation sites is 1.